The monoisotopic (exact) mass is 260 g/mol. The highest BCUT2D eigenvalue weighted by molar-refractivity contribution is 5.68. The fourth-order valence-electron chi connectivity index (χ4n) is 2.46. The number of hydrogen-bond acceptors (Lipinski definition) is 5. The molecule has 0 saturated carbocycles. The summed E-state index contributed by atoms with van der Waals surface area (Å²) in [5.41, 5.74) is -2.18. The highest BCUT2D eigenvalue weighted by atomic mass is 16.6. The third-order valence-corrected chi connectivity index (χ3v) is 3.48. The van der Waals surface area contributed by atoms with E-state index in [0.717, 1.165) is 0 Å². The number of rotatable bonds is 7. The summed E-state index contributed by atoms with van der Waals surface area (Å²) in [6.45, 7) is 7.70. The van der Waals surface area contributed by atoms with E-state index in [9.17, 15) is 14.7 Å². The van der Waals surface area contributed by atoms with Gasteiger partial charge in [-0.3, -0.25) is 9.59 Å². The van der Waals surface area contributed by atoms with Gasteiger partial charge in [0.25, 0.3) is 0 Å². The molecule has 18 heavy (non-hydrogen) atoms. The molecule has 0 heterocycles. The highest BCUT2D eigenvalue weighted by Crippen LogP contribution is 2.39. The van der Waals surface area contributed by atoms with E-state index in [1.54, 1.807) is 6.92 Å². The van der Waals surface area contributed by atoms with Crippen molar-refractivity contribution in [1.29, 1.82) is 0 Å². The molecule has 0 aliphatic rings. The van der Waals surface area contributed by atoms with Crippen molar-refractivity contribution in [3.05, 3.63) is 0 Å². The molecule has 106 valence electrons. The normalized spacial score (nSPS) is 14.8. The van der Waals surface area contributed by atoms with Gasteiger partial charge in [-0.25, -0.2) is 0 Å². The molecule has 0 aromatic carbocycles. The zero-order valence-electron chi connectivity index (χ0n) is 11.9. The fraction of sp³-hybridized carbons (Fsp3) is 0.846. The largest absolute Gasteiger partial charge is 0.455 e. The molecule has 0 saturated heterocycles. The first-order valence-corrected chi connectivity index (χ1v) is 6.33. The van der Waals surface area contributed by atoms with E-state index < -0.39 is 23.1 Å². The minimum absolute atomic E-state index is 0.373. The highest BCUT2D eigenvalue weighted by Gasteiger charge is 2.53. The molecular weight excluding hydrogens is 236 g/mol. The number of carbonyl (C=O) groups is 2. The van der Waals surface area contributed by atoms with Gasteiger partial charge in [-0.1, -0.05) is 20.8 Å². The third-order valence-electron chi connectivity index (χ3n) is 3.48. The zero-order valence-corrected chi connectivity index (χ0v) is 11.9. The summed E-state index contributed by atoms with van der Waals surface area (Å²) in [5.74, 6) is -0.943. The lowest BCUT2D eigenvalue weighted by molar-refractivity contribution is -0.224. The summed E-state index contributed by atoms with van der Waals surface area (Å²) in [6.07, 6.45) is 1.30. The minimum atomic E-state index is -1.19. The topological polar surface area (TPSA) is 72.8 Å². The van der Waals surface area contributed by atoms with Crippen molar-refractivity contribution >= 4 is 11.9 Å². The van der Waals surface area contributed by atoms with Crippen LogP contribution < -0.4 is 0 Å². The van der Waals surface area contributed by atoms with Crippen LogP contribution in [0.25, 0.3) is 0 Å². The summed E-state index contributed by atoms with van der Waals surface area (Å²) in [4.78, 5) is 22.6. The molecule has 0 spiro atoms. The van der Waals surface area contributed by atoms with Gasteiger partial charge in [-0.05, 0) is 19.3 Å². The van der Waals surface area contributed by atoms with E-state index in [0.29, 0.717) is 19.3 Å². The Balaban J connectivity index is 5.59. The van der Waals surface area contributed by atoms with Gasteiger partial charge in [0.2, 0.25) is 0 Å². The molecule has 0 rings (SSSR count). The van der Waals surface area contributed by atoms with Gasteiger partial charge in [-0.15, -0.1) is 0 Å². The second kappa shape index (κ2) is 6.73. The van der Waals surface area contributed by atoms with Crippen molar-refractivity contribution in [3.8, 4) is 0 Å². The van der Waals surface area contributed by atoms with Gasteiger partial charge in [0.05, 0.1) is 6.61 Å². The molecule has 1 unspecified atom stereocenters. The summed E-state index contributed by atoms with van der Waals surface area (Å²) >= 11 is 0. The molecule has 0 amide bonds. The Morgan fingerprint density at radius 1 is 0.889 bits per heavy atom. The minimum Gasteiger partial charge on any atom is -0.455 e. The first-order valence-electron chi connectivity index (χ1n) is 6.33. The van der Waals surface area contributed by atoms with Gasteiger partial charge in [0.1, 0.15) is 0 Å². The molecular formula is C13H24O5. The standard InChI is InChI=1S/C13H24O5/c1-6-12(7-2,17-10(4)15)13(8-3,9-14)18-11(5)16/h14H,6-9H2,1-5H3. The van der Waals surface area contributed by atoms with Gasteiger partial charge in [0, 0.05) is 13.8 Å². The molecule has 5 nitrogen and oxygen atoms in total. The van der Waals surface area contributed by atoms with Crippen LogP contribution in [0.3, 0.4) is 0 Å². The average molecular weight is 260 g/mol. The van der Waals surface area contributed by atoms with Crippen LogP contribution >= 0.6 is 0 Å². The summed E-state index contributed by atoms with van der Waals surface area (Å²) in [7, 11) is 0. The average Bonchev–Trinajstić information content (AvgIpc) is 2.32. The predicted octanol–water partition coefficient (Wildman–Crippen LogP) is 1.81. The lowest BCUT2D eigenvalue weighted by Crippen LogP contribution is -2.60. The maximum absolute atomic E-state index is 11.3. The van der Waals surface area contributed by atoms with E-state index in [4.69, 9.17) is 9.47 Å². The second-order valence-electron chi connectivity index (χ2n) is 4.39. The molecule has 0 aromatic rings. The molecule has 0 aromatic heterocycles. The molecule has 0 bridgehead atoms. The smallest absolute Gasteiger partial charge is 0.303 e. The van der Waals surface area contributed by atoms with E-state index in [1.165, 1.54) is 13.8 Å². The van der Waals surface area contributed by atoms with Crippen molar-refractivity contribution in [3.63, 3.8) is 0 Å². The van der Waals surface area contributed by atoms with Crippen LogP contribution in [0.2, 0.25) is 0 Å². The first kappa shape index (κ1) is 16.9. The number of esters is 2. The van der Waals surface area contributed by atoms with E-state index in [-0.39, 0.29) is 6.61 Å². The van der Waals surface area contributed by atoms with Gasteiger partial charge < -0.3 is 14.6 Å². The van der Waals surface area contributed by atoms with Crippen molar-refractivity contribution in [2.45, 2.75) is 65.1 Å². The lowest BCUT2D eigenvalue weighted by Gasteiger charge is -2.46. The van der Waals surface area contributed by atoms with E-state index in [1.807, 2.05) is 13.8 Å². The molecule has 0 aliphatic carbocycles. The van der Waals surface area contributed by atoms with Crippen LogP contribution in [-0.4, -0.2) is 34.9 Å². The van der Waals surface area contributed by atoms with Crippen LogP contribution in [0.15, 0.2) is 0 Å². The van der Waals surface area contributed by atoms with Crippen LogP contribution in [0.5, 0.6) is 0 Å². The lowest BCUT2D eigenvalue weighted by atomic mass is 9.76. The van der Waals surface area contributed by atoms with Crippen molar-refractivity contribution < 1.29 is 24.2 Å². The number of carbonyl (C=O) groups excluding carboxylic acids is 2. The Kier molecular flexibility index (Phi) is 6.32. The van der Waals surface area contributed by atoms with E-state index in [2.05, 4.69) is 0 Å². The Hall–Kier alpha value is -1.10. The number of aliphatic hydroxyl groups excluding tert-OH is 1. The summed E-state index contributed by atoms with van der Waals surface area (Å²) in [6, 6.07) is 0. The summed E-state index contributed by atoms with van der Waals surface area (Å²) < 4.78 is 10.7. The number of aliphatic hydroxyl groups is 1. The van der Waals surface area contributed by atoms with Crippen LogP contribution in [0.4, 0.5) is 0 Å². The zero-order chi connectivity index (χ0) is 14.4. The quantitative estimate of drug-likeness (QED) is 0.707. The van der Waals surface area contributed by atoms with Gasteiger partial charge in [-0.2, -0.15) is 0 Å². The summed E-state index contributed by atoms with van der Waals surface area (Å²) in [5, 5.41) is 9.67. The molecule has 0 aliphatic heterocycles. The Morgan fingerprint density at radius 3 is 1.44 bits per heavy atom. The maximum Gasteiger partial charge on any atom is 0.303 e. The first-order chi connectivity index (χ1) is 8.33. The van der Waals surface area contributed by atoms with Crippen LogP contribution in [0, 0.1) is 0 Å². The Labute approximate surface area is 108 Å². The van der Waals surface area contributed by atoms with Gasteiger partial charge >= 0.3 is 11.9 Å². The van der Waals surface area contributed by atoms with Crippen molar-refractivity contribution in [2.24, 2.45) is 0 Å². The number of hydrogen-bond donors (Lipinski definition) is 1. The van der Waals surface area contributed by atoms with Crippen molar-refractivity contribution in [2.75, 3.05) is 6.61 Å². The SMILES string of the molecule is CCC(CC)(OC(C)=O)C(CC)(CO)OC(C)=O. The van der Waals surface area contributed by atoms with Gasteiger partial charge in [0.15, 0.2) is 11.2 Å². The van der Waals surface area contributed by atoms with Crippen molar-refractivity contribution in [1.82, 2.24) is 0 Å². The molecule has 0 radical (unpaired) electrons. The Morgan fingerprint density at radius 2 is 1.22 bits per heavy atom. The third kappa shape index (κ3) is 3.22. The molecule has 5 heteroatoms. The molecule has 1 N–H and O–H groups in total. The molecule has 0 fully saturated rings. The maximum atomic E-state index is 11.3. The fourth-order valence-corrected chi connectivity index (χ4v) is 2.46. The number of ether oxygens (including phenoxy) is 2. The predicted molar refractivity (Wildman–Crippen MR) is 67.0 cm³/mol. The van der Waals surface area contributed by atoms with Crippen LogP contribution in [0.1, 0.15) is 53.9 Å². The Bertz CT molecular complexity index is 260. The van der Waals surface area contributed by atoms with E-state index >= 15 is 0 Å². The molecule has 1 atom stereocenters. The second-order valence-corrected chi connectivity index (χ2v) is 4.39. The van der Waals surface area contributed by atoms with Crippen LogP contribution in [-0.2, 0) is 19.1 Å².